The van der Waals surface area contributed by atoms with Crippen molar-refractivity contribution in [3.8, 4) is 11.5 Å². The van der Waals surface area contributed by atoms with Crippen molar-refractivity contribution in [2.75, 3.05) is 72.5 Å². The molecule has 0 bridgehead atoms. The molecule has 0 aliphatic carbocycles. The van der Waals surface area contributed by atoms with Crippen molar-refractivity contribution in [1.29, 1.82) is 0 Å². The van der Waals surface area contributed by atoms with Gasteiger partial charge >= 0.3 is 6.03 Å². The lowest BCUT2D eigenvalue weighted by molar-refractivity contribution is 0.194. The van der Waals surface area contributed by atoms with Crippen LogP contribution in [0.5, 0.6) is 11.5 Å². The highest BCUT2D eigenvalue weighted by molar-refractivity contribution is 5.74. The summed E-state index contributed by atoms with van der Waals surface area (Å²) in [4.78, 5) is 18.5. The third-order valence-corrected chi connectivity index (χ3v) is 4.36. The molecule has 0 radical (unpaired) electrons. The summed E-state index contributed by atoms with van der Waals surface area (Å²) in [7, 11) is 7.35. The van der Waals surface area contributed by atoms with E-state index in [4.69, 9.17) is 9.47 Å². The van der Waals surface area contributed by atoms with Crippen molar-refractivity contribution in [2.45, 2.75) is 6.42 Å². The molecule has 1 aliphatic heterocycles. The standard InChI is InChI=1S/C18H30N4O3/c1-20(2)9-5-8-19-18(23)22-12-10-21(11-13-22)15-6-7-16(24-3)17(14-15)25-4/h6-7,14H,5,8-13H2,1-4H3,(H,19,23). The van der Waals surface area contributed by atoms with Gasteiger partial charge in [0.1, 0.15) is 0 Å². The second-order valence-electron chi connectivity index (χ2n) is 6.40. The Kier molecular flexibility index (Phi) is 7.18. The highest BCUT2D eigenvalue weighted by atomic mass is 16.5. The molecule has 140 valence electrons. The molecule has 0 unspecified atom stereocenters. The number of carbonyl (C=O) groups is 1. The van der Waals surface area contributed by atoms with Gasteiger partial charge in [-0.3, -0.25) is 0 Å². The molecular formula is C18H30N4O3. The SMILES string of the molecule is COc1ccc(N2CCN(C(=O)NCCCN(C)C)CC2)cc1OC. The van der Waals surface area contributed by atoms with E-state index in [2.05, 4.69) is 15.1 Å². The minimum absolute atomic E-state index is 0.0331. The summed E-state index contributed by atoms with van der Waals surface area (Å²) in [5.41, 5.74) is 1.09. The van der Waals surface area contributed by atoms with Gasteiger partial charge in [-0.15, -0.1) is 0 Å². The van der Waals surface area contributed by atoms with Crippen LogP contribution >= 0.6 is 0 Å². The molecule has 0 spiro atoms. The van der Waals surface area contributed by atoms with Crippen LogP contribution in [0, 0.1) is 0 Å². The molecule has 25 heavy (non-hydrogen) atoms. The number of hydrogen-bond acceptors (Lipinski definition) is 5. The largest absolute Gasteiger partial charge is 0.493 e. The predicted octanol–water partition coefficient (Wildman–Crippen LogP) is 1.49. The van der Waals surface area contributed by atoms with E-state index >= 15 is 0 Å². The highest BCUT2D eigenvalue weighted by Crippen LogP contribution is 2.31. The van der Waals surface area contributed by atoms with Gasteiger partial charge in [-0.05, 0) is 39.2 Å². The monoisotopic (exact) mass is 350 g/mol. The molecule has 1 aromatic carbocycles. The summed E-state index contributed by atoms with van der Waals surface area (Å²) in [6, 6.07) is 5.96. The molecule has 7 heteroatoms. The Morgan fingerprint density at radius 1 is 1.12 bits per heavy atom. The Bertz CT molecular complexity index is 557. The summed E-state index contributed by atoms with van der Waals surface area (Å²) in [5.74, 6) is 1.45. The van der Waals surface area contributed by atoms with Gasteiger partial charge in [-0.2, -0.15) is 0 Å². The molecule has 2 rings (SSSR count). The summed E-state index contributed by atoms with van der Waals surface area (Å²) < 4.78 is 10.6. The molecule has 0 aromatic heterocycles. The van der Waals surface area contributed by atoms with Crippen molar-refractivity contribution in [3.63, 3.8) is 0 Å². The molecule has 1 saturated heterocycles. The van der Waals surface area contributed by atoms with E-state index in [0.29, 0.717) is 19.6 Å². The number of methoxy groups -OCH3 is 2. The van der Waals surface area contributed by atoms with Crippen LogP contribution in [0.4, 0.5) is 10.5 Å². The molecule has 2 amide bonds. The predicted molar refractivity (Wildman–Crippen MR) is 99.9 cm³/mol. The first-order valence-corrected chi connectivity index (χ1v) is 8.69. The van der Waals surface area contributed by atoms with Crippen molar-refractivity contribution in [3.05, 3.63) is 18.2 Å². The Balaban J connectivity index is 1.82. The number of piperazine rings is 1. The van der Waals surface area contributed by atoms with Gasteiger partial charge in [0, 0.05) is 44.5 Å². The minimum Gasteiger partial charge on any atom is -0.493 e. The van der Waals surface area contributed by atoms with Gasteiger partial charge in [-0.25, -0.2) is 4.79 Å². The van der Waals surface area contributed by atoms with Crippen LogP contribution in [-0.4, -0.2) is 83.4 Å². The average molecular weight is 350 g/mol. The van der Waals surface area contributed by atoms with Crippen LogP contribution in [0.25, 0.3) is 0 Å². The second-order valence-corrected chi connectivity index (χ2v) is 6.40. The molecular weight excluding hydrogens is 320 g/mol. The molecule has 0 saturated carbocycles. The zero-order chi connectivity index (χ0) is 18.2. The fourth-order valence-corrected chi connectivity index (χ4v) is 2.89. The Hall–Kier alpha value is -2.15. The number of rotatable bonds is 7. The molecule has 1 N–H and O–H groups in total. The van der Waals surface area contributed by atoms with Gasteiger partial charge in [0.25, 0.3) is 0 Å². The van der Waals surface area contributed by atoms with Crippen LogP contribution < -0.4 is 19.7 Å². The lowest BCUT2D eigenvalue weighted by Crippen LogP contribution is -2.52. The first kappa shape index (κ1) is 19.2. The van der Waals surface area contributed by atoms with E-state index in [1.807, 2.05) is 37.2 Å². The number of carbonyl (C=O) groups excluding carboxylic acids is 1. The summed E-state index contributed by atoms with van der Waals surface area (Å²) in [6.45, 7) is 4.74. The number of urea groups is 1. The number of benzene rings is 1. The third-order valence-electron chi connectivity index (χ3n) is 4.36. The van der Waals surface area contributed by atoms with Gasteiger partial charge in [0.15, 0.2) is 11.5 Å². The summed E-state index contributed by atoms with van der Waals surface area (Å²) in [6.07, 6.45) is 0.963. The highest BCUT2D eigenvalue weighted by Gasteiger charge is 2.21. The summed E-state index contributed by atoms with van der Waals surface area (Å²) >= 11 is 0. The van der Waals surface area contributed by atoms with E-state index in [1.165, 1.54) is 0 Å². The lowest BCUT2D eigenvalue weighted by atomic mass is 10.2. The zero-order valence-corrected chi connectivity index (χ0v) is 15.7. The van der Waals surface area contributed by atoms with Gasteiger partial charge in [0.2, 0.25) is 0 Å². The molecule has 0 atom stereocenters. The van der Waals surface area contributed by atoms with E-state index in [-0.39, 0.29) is 6.03 Å². The smallest absolute Gasteiger partial charge is 0.317 e. The molecule has 1 aliphatic rings. The number of nitrogens with one attached hydrogen (secondary N) is 1. The first-order valence-electron chi connectivity index (χ1n) is 8.69. The van der Waals surface area contributed by atoms with E-state index in [0.717, 1.165) is 43.2 Å². The first-order chi connectivity index (χ1) is 12.0. The van der Waals surface area contributed by atoms with Gasteiger partial charge in [0.05, 0.1) is 14.2 Å². The maximum atomic E-state index is 12.2. The number of hydrogen-bond donors (Lipinski definition) is 1. The molecule has 7 nitrogen and oxygen atoms in total. The number of ether oxygens (including phenoxy) is 2. The third kappa shape index (κ3) is 5.42. The number of nitrogens with zero attached hydrogens (tertiary/aromatic N) is 3. The van der Waals surface area contributed by atoms with Gasteiger partial charge in [-0.1, -0.05) is 0 Å². The Morgan fingerprint density at radius 2 is 1.80 bits per heavy atom. The second kappa shape index (κ2) is 9.36. The van der Waals surface area contributed by atoms with E-state index in [1.54, 1.807) is 14.2 Å². The van der Waals surface area contributed by atoms with Crippen molar-refractivity contribution in [1.82, 2.24) is 15.1 Å². The molecule has 1 aromatic rings. The van der Waals surface area contributed by atoms with Crippen molar-refractivity contribution < 1.29 is 14.3 Å². The Morgan fingerprint density at radius 3 is 2.40 bits per heavy atom. The van der Waals surface area contributed by atoms with Crippen LogP contribution in [0.2, 0.25) is 0 Å². The normalized spacial score (nSPS) is 14.6. The number of anilines is 1. The Labute approximate surface area is 150 Å². The average Bonchev–Trinajstić information content (AvgIpc) is 2.64. The fraction of sp³-hybridized carbons (Fsp3) is 0.611. The van der Waals surface area contributed by atoms with Crippen LogP contribution in [-0.2, 0) is 0 Å². The van der Waals surface area contributed by atoms with Crippen molar-refractivity contribution >= 4 is 11.7 Å². The van der Waals surface area contributed by atoms with E-state index in [9.17, 15) is 4.79 Å². The minimum atomic E-state index is 0.0331. The quantitative estimate of drug-likeness (QED) is 0.755. The van der Waals surface area contributed by atoms with E-state index < -0.39 is 0 Å². The fourth-order valence-electron chi connectivity index (χ4n) is 2.89. The van der Waals surface area contributed by atoms with Crippen molar-refractivity contribution in [2.24, 2.45) is 0 Å². The number of amides is 2. The van der Waals surface area contributed by atoms with Gasteiger partial charge < -0.3 is 29.5 Å². The maximum Gasteiger partial charge on any atom is 0.317 e. The van der Waals surface area contributed by atoms with Crippen LogP contribution in [0.15, 0.2) is 18.2 Å². The van der Waals surface area contributed by atoms with Crippen LogP contribution in [0.1, 0.15) is 6.42 Å². The molecule has 1 fully saturated rings. The van der Waals surface area contributed by atoms with Crippen LogP contribution in [0.3, 0.4) is 0 Å². The summed E-state index contributed by atoms with van der Waals surface area (Å²) in [5, 5.41) is 3.00. The molecule has 1 heterocycles. The maximum absolute atomic E-state index is 12.2. The zero-order valence-electron chi connectivity index (χ0n) is 15.7. The lowest BCUT2D eigenvalue weighted by Gasteiger charge is -2.36. The topological polar surface area (TPSA) is 57.3 Å².